The van der Waals surface area contributed by atoms with Crippen LogP contribution in [-0.2, 0) is 71.0 Å². The first-order chi connectivity index (χ1) is 28.6. The Labute approximate surface area is 348 Å². The van der Waals surface area contributed by atoms with Crippen LogP contribution in [-0.4, -0.2) is 60.8 Å². The molecule has 1 heterocycles. The molecule has 0 aromatic heterocycles. The second-order valence-electron chi connectivity index (χ2n) is 15.0. The van der Waals surface area contributed by atoms with Gasteiger partial charge in [0.2, 0.25) is 0 Å². The van der Waals surface area contributed by atoms with Gasteiger partial charge in [0.25, 0.3) is 0 Å². The molecule has 0 aliphatic carbocycles. The summed E-state index contributed by atoms with van der Waals surface area (Å²) in [5.74, 6) is 11.2. The standard InChI is InChI=1S/C49H55NO9/c1-6-8-29-41(50-48(52)59-49(3,4)5)47(51)57-34-40-28-19-18-27-39(40)33-53-35-43-45(55-31-37-23-14-10-15-24-37)46(56-32-38-25-16-11-17-26-38)44(42(58-43)20-7-2)54-30-36-21-12-9-13-22-36/h9-19,21-28,41-46H,29-35H2,1-5H3,(H,50,52)/t41-,42-,43?,44?,45+,46?/m0/s1. The zero-order chi connectivity index (χ0) is 41.9. The molecule has 3 unspecified atom stereocenters. The lowest BCUT2D eigenvalue weighted by atomic mass is 9.94. The summed E-state index contributed by atoms with van der Waals surface area (Å²) in [4.78, 5) is 25.7. The van der Waals surface area contributed by atoms with Crippen LogP contribution in [0.1, 0.15) is 68.9 Å². The van der Waals surface area contributed by atoms with Crippen molar-refractivity contribution in [2.24, 2.45) is 0 Å². The molecule has 6 atom stereocenters. The minimum atomic E-state index is -1.01. The Hall–Kier alpha value is -5.46. The number of rotatable bonds is 18. The first kappa shape index (κ1) is 44.6. The fraction of sp³-hybridized carbons (Fsp3) is 0.388. The Morgan fingerprint density at radius 3 is 1.69 bits per heavy atom. The van der Waals surface area contributed by atoms with Crippen molar-refractivity contribution in [3.8, 4) is 23.7 Å². The van der Waals surface area contributed by atoms with Crippen LogP contribution in [0.2, 0.25) is 0 Å². The highest BCUT2D eigenvalue weighted by molar-refractivity contribution is 5.81. The van der Waals surface area contributed by atoms with Gasteiger partial charge in [0.05, 0.1) is 33.0 Å². The van der Waals surface area contributed by atoms with Gasteiger partial charge in [-0.1, -0.05) is 121 Å². The van der Waals surface area contributed by atoms with E-state index in [1.54, 1.807) is 34.6 Å². The van der Waals surface area contributed by atoms with Crippen LogP contribution in [0.5, 0.6) is 0 Å². The summed E-state index contributed by atoms with van der Waals surface area (Å²) in [5, 5.41) is 2.59. The maximum Gasteiger partial charge on any atom is 0.408 e. The topological polar surface area (TPSA) is 111 Å². The molecule has 10 nitrogen and oxygen atoms in total. The summed E-state index contributed by atoms with van der Waals surface area (Å²) in [5.41, 5.74) is 3.85. The van der Waals surface area contributed by atoms with Gasteiger partial charge in [-0.3, -0.25) is 0 Å². The van der Waals surface area contributed by atoms with Crippen LogP contribution in [0.15, 0.2) is 115 Å². The third-order valence-corrected chi connectivity index (χ3v) is 9.26. The number of hydrogen-bond donors (Lipinski definition) is 1. The SMILES string of the molecule is CC#CC[C@H](NC(=O)OC(C)(C)C)C(=O)OCc1ccccc1COCC1O[C@@H](C#CC)C(OCc2ccccc2)C(OCc2ccccc2)[C@@H]1OCc1ccccc1. The van der Waals surface area contributed by atoms with Gasteiger partial charge < -0.3 is 38.5 Å². The number of alkyl carbamates (subject to hydrolysis) is 1. The van der Waals surface area contributed by atoms with E-state index in [4.69, 9.17) is 33.2 Å². The van der Waals surface area contributed by atoms with Gasteiger partial charge >= 0.3 is 12.1 Å². The monoisotopic (exact) mass is 801 g/mol. The molecule has 5 rings (SSSR count). The first-order valence-electron chi connectivity index (χ1n) is 19.9. The van der Waals surface area contributed by atoms with Gasteiger partial charge in [-0.25, -0.2) is 9.59 Å². The van der Waals surface area contributed by atoms with Crippen LogP contribution in [0.3, 0.4) is 0 Å². The Bertz CT molecular complexity index is 2010. The Balaban J connectivity index is 1.33. The van der Waals surface area contributed by atoms with Crippen molar-refractivity contribution in [2.75, 3.05) is 6.61 Å². The number of ether oxygens (including phenoxy) is 7. The summed E-state index contributed by atoms with van der Waals surface area (Å²) in [6.45, 7) is 9.94. The second-order valence-corrected chi connectivity index (χ2v) is 15.0. The van der Waals surface area contributed by atoms with Crippen LogP contribution < -0.4 is 5.32 Å². The highest BCUT2D eigenvalue weighted by Crippen LogP contribution is 2.31. The minimum Gasteiger partial charge on any atom is -0.459 e. The number of carbonyl (C=O) groups is 2. The third kappa shape index (κ3) is 14.7. The Kier molecular flexibility index (Phi) is 17.6. The predicted octanol–water partition coefficient (Wildman–Crippen LogP) is 8.10. The van der Waals surface area contributed by atoms with E-state index in [0.717, 1.165) is 27.8 Å². The van der Waals surface area contributed by atoms with E-state index in [0.29, 0.717) is 19.8 Å². The molecule has 0 radical (unpaired) electrons. The van der Waals surface area contributed by atoms with Crippen molar-refractivity contribution in [3.63, 3.8) is 0 Å². The summed E-state index contributed by atoms with van der Waals surface area (Å²) in [7, 11) is 0. The van der Waals surface area contributed by atoms with E-state index in [1.807, 2.05) is 115 Å². The average molecular weight is 802 g/mol. The van der Waals surface area contributed by atoms with Crippen molar-refractivity contribution in [1.29, 1.82) is 0 Å². The maximum atomic E-state index is 13.2. The highest BCUT2D eigenvalue weighted by atomic mass is 16.6. The van der Waals surface area contributed by atoms with Crippen molar-refractivity contribution in [2.45, 2.75) is 116 Å². The fourth-order valence-electron chi connectivity index (χ4n) is 6.40. The number of benzene rings is 4. The molecule has 1 fully saturated rings. The van der Waals surface area contributed by atoms with Crippen molar-refractivity contribution < 1.29 is 42.7 Å². The number of nitrogens with one attached hydrogen (secondary N) is 1. The van der Waals surface area contributed by atoms with Crippen LogP contribution in [0.4, 0.5) is 4.79 Å². The predicted molar refractivity (Wildman–Crippen MR) is 224 cm³/mol. The second kappa shape index (κ2) is 23.2. The summed E-state index contributed by atoms with van der Waals surface area (Å²) >= 11 is 0. The Morgan fingerprint density at radius 1 is 0.661 bits per heavy atom. The molecule has 0 saturated carbocycles. The molecule has 310 valence electrons. The highest BCUT2D eigenvalue weighted by Gasteiger charge is 2.48. The van der Waals surface area contributed by atoms with E-state index in [-0.39, 0.29) is 26.2 Å². The lowest BCUT2D eigenvalue weighted by molar-refractivity contribution is -0.261. The molecule has 1 aliphatic heterocycles. The van der Waals surface area contributed by atoms with Gasteiger partial charge in [-0.05, 0) is 62.4 Å². The molecule has 4 aromatic carbocycles. The zero-order valence-corrected chi connectivity index (χ0v) is 34.6. The molecule has 1 N–H and O–H groups in total. The normalized spacial score (nSPS) is 19.2. The number of hydrogen-bond acceptors (Lipinski definition) is 9. The van der Waals surface area contributed by atoms with Gasteiger partial charge in [-0.15, -0.1) is 17.8 Å². The van der Waals surface area contributed by atoms with E-state index in [1.165, 1.54) is 0 Å². The van der Waals surface area contributed by atoms with E-state index in [9.17, 15) is 9.59 Å². The summed E-state index contributed by atoms with van der Waals surface area (Å²) in [6.07, 6.45) is -3.65. The van der Waals surface area contributed by atoms with Crippen molar-refractivity contribution >= 4 is 12.1 Å². The minimum absolute atomic E-state index is 0.0445. The molecular weight excluding hydrogens is 747 g/mol. The molecule has 1 amide bonds. The Morgan fingerprint density at radius 2 is 1.17 bits per heavy atom. The quantitative estimate of drug-likeness (QED) is 0.0789. The van der Waals surface area contributed by atoms with Crippen LogP contribution in [0.25, 0.3) is 0 Å². The van der Waals surface area contributed by atoms with Crippen LogP contribution in [0, 0.1) is 23.7 Å². The van der Waals surface area contributed by atoms with Gasteiger partial charge in [0.15, 0.2) is 0 Å². The van der Waals surface area contributed by atoms with E-state index in [2.05, 4.69) is 29.0 Å². The summed E-state index contributed by atoms with van der Waals surface area (Å²) < 4.78 is 44.3. The fourth-order valence-corrected chi connectivity index (χ4v) is 6.40. The molecule has 1 saturated heterocycles. The van der Waals surface area contributed by atoms with Crippen molar-refractivity contribution in [3.05, 3.63) is 143 Å². The third-order valence-electron chi connectivity index (χ3n) is 9.26. The van der Waals surface area contributed by atoms with Crippen LogP contribution >= 0.6 is 0 Å². The van der Waals surface area contributed by atoms with Gasteiger partial charge in [0, 0.05) is 6.42 Å². The lowest BCUT2D eigenvalue weighted by Gasteiger charge is -2.45. The number of esters is 1. The van der Waals surface area contributed by atoms with Crippen molar-refractivity contribution in [1.82, 2.24) is 5.32 Å². The van der Waals surface area contributed by atoms with Gasteiger partial charge in [0.1, 0.15) is 48.8 Å². The maximum absolute atomic E-state index is 13.2. The molecule has 10 heteroatoms. The van der Waals surface area contributed by atoms with E-state index >= 15 is 0 Å². The number of amides is 1. The smallest absolute Gasteiger partial charge is 0.408 e. The van der Waals surface area contributed by atoms with Gasteiger partial charge in [-0.2, -0.15) is 0 Å². The molecule has 4 aromatic rings. The summed E-state index contributed by atoms with van der Waals surface area (Å²) in [6, 6.07) is 36.4. The average Bonchev–Trinajstić information content (AvgIpc) is 3.23. The molecule has 59 heavy (non-hydrogen) atoms. The molecular formula is C49H55NO9. The molecule has 0 bridgehead atoms. The number of carbonyl (C=O) groups excluding carboxylic acids is 2. The lowest BCUT2D eigenvalue weighted by Crippen LogP contribution is -2.60. The first-order valence-corrected chi connectivity index (χ1v) is 19.9. The molecule has 0 spiro atoms. The zero-order valence-electron chi connectivity index (χ0n) is 34.6. The largest absolute Gasteiger partial charge is 0.459 e. The molecule has 1 aliphatic rings. The van der Waals surface area contributed by atoms with E-state index < -0.39 is 54.2 Å².